The molecule has 1 amide bonds. The molecule has 26 heavy (non-hydrogen) atoms. The molecule has 0 radical (unpaired) electrons. The summed E-state index contributed by atoms with van der Waals surface area (Å²) in [6, 6.07) is 9.83. The van der Waals surface area contributed by atoms with Crippen molar-refractivity contribution in [3.63, 3.8) is 0 Å². The van der Waals surface area contributed by atoms with Gasteiger partial charge in [-0.1, -0.05) is 6.07 Å². The van der Waals surface area contributed by atoms with Crippen LogP contribution in [0.15, 0.2) is 55.0 Å². The zero-order valence-electron chi connectivity index (χ0n) is 14.1. The minimum atomic E-state index is -0.360. The lowest BCUT2D eigenvalue weighted by atomic mass is 10.2. The molecule has 6 nitrogen and oxygen atoms in total. The summed E-state index contributed by atoms with van der Waals surface area (Å²) in [4.78, 5) is 12.7. The second-order valence-electron chi connectivity index (χ2n) is 6.21. The smallest absolute Gasteiger partial charge is 0.256 e. The van der Waals surface area contributed by atoms with Crippen LogP contribution in [0.25, 0.3) is 11.5 Å². The van der Waals surface area contributed by atoms with Crippen LogP contribution < -0.4 is 5.32 Å². The van der Waals surface area contributed by atoms with Gasteiger partial charge >= 0.3 is 0 Å². The van der Waals surface area contributed by atoms with E-state index in [-0.39, 0.29) is 17.8 Å². The maximum Gasteiger partial charge on any atom is 0.256 e. The molecule has 1 atom stereocenters. The summed E-state index contributed by atoms with van der Waals surface area (Å²) in [5.74, 6) is -0.0295. The van der Waals surface area contributed by atoms with E-state index in [1.165, 1.54) is 18.3 Å². The topological polar surface area (TPSA) is 61.1 Å². The van der Waals surface area contributed by atoms with Crippen molar-refractivity contribution in [2.24, 2.45) is 0 Å². The Labute approximate surface area is 150 Å². The van der Waals surface area contributed by atoms with Gasteiger partial charge in [-0.3, -0.25) is 4.79 Å². The van der Waals surface area contributed by atoms with Crippen molar-refractivity contribution in [3.8, 4) is 11.5 Å². The highest BCUT2D eigenvalue weighted by molar-refractivity contribution is 5.97. The van der Waals surface area contributed by atoms with Crippen molar-refractivity contribution in [3.05, 3.63) is 66.4 Å². The number of rotatable bonds is 5. The lowest BCUT2D eigenvalue weighted by Gasteiger charge is -2.13. The number of halogens is 1. The van der Waals surface area contributed by atoms with Crippen LogP contribution in [0.2, 0.25) is 0 Å². The van der Waals surface area contributed by atoms with Gasteiger partial charge in [0.05, 0.1) is 18.0 Å². The van der Waals surface area contributed by atoms with Gasteiger partial charge in [0.25, 0.3) is 5.91 Å². The zero-order valence-corrected chi connectivity index (χ0v) is 14.1. The first-order valence-electron chi connectivity index (χ1n) is 8.59. The lowest BCUT2D eigenvalue weighted by molar-refractivity contribution is 0.0857. The average Bonchev–Trinajstić information content (AvgIpc) is 3.40. The van der Waals surface area contributed by atoms with Crippen LogP contribution in [0.5, 0.6) is 0 Å². The summed E-state index contributed by atoms with van der Waals surface area (Å²) >= 11 is 0. The van der Waals surface area contributed by atoms with Crippen LogP contribution >= 0.6 is 0 Å². The fourth-order valence-electron chi connectivity index (χ4n) is 3.13. The van der Waals surface area contributed by atoms with E-state index in [0.29, 0.717) is 23.6 Å². The molecule has 0 unspecified atom stereocenters. The number of nitrogens with one attached hydrogen (secondary N) is 1. The van der Waals surface area contributed by atoms with Crippen LogP contribution in [0, 0.1) is 5.82 Å². The molecule has 2 aromatic heterocycles. The number of ether oxygens (including phenoxy) is 1. The highest BCUT2D eigenvalue weighted by Crippen LogP contribution is 2.20. The van der Waals surface area contributed by atoms with Crippen LogP contribution in [0.4, 0.5) is 4.39 Å². The summed E-state index contributed by atoms with van der Waals surface area (Å²) in [7, 11) is 0. The second-order valence-corrected chi connectivity index (χ2v) is 6.21. The molecule has 0 aliphatic carbocycles. The van der Waals surface area contributed by atoms with Gasteiger partial charge in [0.2, 0.25) is 0 Å². The first kappa shape index (κ1) is 16.5. The molecule has 3 heterocycles. The van der Waals surface area contributed by atoms with Gasteiger partial charge in [-0.25, -0.2) is 9.07 Å². The molecule has 0 bridgehead atoms. The third-order valence-electron chi connectivity index (χ3n) is 4.40. The molecule has 1 saturated heterocycles. The quantitative estimate of drug-likeness (QED) is 0.766. The Balaban J connectivity index is 1.67. The Morgan fingerprint density at radius 3 is 2.88 bits per heavy atom. The highest BCUT2D eigenvalue weighted by Gasteiger charge is 2.22. The van der Waals surface area contributed by atoms with Gasteiger partial charge in [-0.15, -0.1) is 0 Å². The summed E-state index contributed by atoms with van der Waals surface area (Å²) in [5.41, 5.74) is 0.968. The van der Waals surface area contributed by atoms with E-state index < -0.39 is 0 Å². The monoisotopic (exact) mass is 354 g/mol. The summed E-state index contributed by atoms with van der Waals surface area (Å²) < 4.78 is 22.5. The molecule has 1 aliphatic rings. The van der Waals surface area contributed by atoms with E-state index >= 15 is 0 Å². The van der Waals surface area contributed by atoms with Gasteiger partial charge in [0.15, 0.2) is 5.82 Å². The highest BCUT2D eigenvalue weighted by atomic mass is 19.1. The number of carbonyl (C=O) groups is 1. The van der Waals surface area contributed by atoms with E-state index in [9.17, 15) is 9.18 Å². The van der Waals surface area contributed by atoms with Crippen molar-refractivity contribution >= 4 is 5.91 Å². The molecule has 1 aromatic carbocycles. The van der Waals surface area contributed by atoms with Crippen LogP contribution in [-0.4, -0.2) is 39.5 Å². The fraction of sp³-hybridized carbons (Fsp3) is 0.263. The molecule has 0 saturated carbocycles. The van der Waals surface area contributed by atoms with Gasteiger partial charge in [0, 0.05) is 25.5 Å². The third kappa shape index (κ3) is 3.25. The zero-order chi connectivity index (χ0) is 17.9. The number of benzene rings is 1. The maximum absolute atomic E-state index is 13.6. The Kier molecular flexibility index (Phi) is 4.53. The Bertz CT molecular complexity index is 898. The molecular weight excluding hydrogens is 335 g/mol. The van der Waals surface area contributed by atoms with E-state index in [4.69, 9.17) is 4.74 Å². The number of carbonyl (C=O) groups excluding carboxylic acids is 1. The lowest BCUT2D eigenvalue weighted by Crippen LogP contribution is -2.32. The van der Waals surface area contributed by atoms with Crippen molar-refractivity contribution in [2.45, 2.75) is 18.9 Å². The number of nitrogens with zero attached hydrogens (tertiary/aromatic N) is 3. The number of amides is 1. The standard InChI is InChI=1S/C19H19FN4O2/c20-14-5-3-6-15(11-14)24-19(23-8-1-2-9-23)17(13-22-24)18(25)21-12-16-7-4-10-26-16/h1-3,5-6,8-9,11,13,16H,4,7,10,12H2,(H,21,25)/t16-/m0/s1. The first-order chi connectivity index (χ1) is 12.7. The van der Waals surface area contributed by atoms with Crippen molar-refractivity contribution in [1.82, 2.24) is 19.7 Å². The van der Waals surface area contributed by atoms with Crippen LogP contribution in [-0.2, 0) is 4.74 Å². The number of aromatic nitrogens is 3. The molecule has 7 heteroatoms. The van der Waals surface area contributed by atoms with E-state index in [2.05, 4.69) is 10.4 Å². The second kappa shape index (κ2) is 7.13. The molecule has 1 aliphatic heterocycles. The predicted octanol–water partition coefficient (Wildman–Crippen LogP) is 2.71. The van der Waals surface area contributed by atoms with Gasteiger partial charge < -0.3 is 14.6 Å². The van der Waals surface area contributed by atoms with E-state index in [1.807, 2.05) is 24.5 Å². The molecular formula is C19H19FN4O2. The summed E-state index contributed by atoms with van der Waals surface area (Å²) in [5, 5.41) is 7.24. The summed E-state index contributed by atoms with van der Waals surface area (Å²) in [6.07, 6.45) is 7.19. The largest absolute Gasteiger partial charge is 0.376 e. The SMILES string of the molecule is O=C(NC[C@@H]1CCCO1)c1cnn(-c2cccc(F)c2)c1-n1cccc1. The Morgan fingerprint density at radius 1 is 1.31 bits per heavy atom. The summed E-state index contributed by atoms with van der Waals surface area (Å²) in [6.45, 7) is 1.21. The Hall–Kier alpha value is -2.93. The van der Waals surface area contributed by atoms with Crippen LogP contribution in [0.3, 0.4) is 0 Å². The fourth-order valence-corrected chi connectivity index (χ4v) is 3.13. The molecule has 1 N–H and O–H groups in total. The number of hydrogen-bond acceptors (Lipinski definition) is 3. The van der Waals surface area contributed by atoms with Gasteiger partial charge in [-0.2, -0.15) is 5.10 Å². The average molecular weight is 354 g/mol. The molecule has 0 spiro atoms. The molecule has 1 fully saturated rings. The normalized spacial score (nSPS) is 16.7. The minimum absolute atomic E-state index is 0.0623. The molecule has 4 rings (SSSR count). The van der Waals surface area contributed by atoms with E-state index in [0.717, 1.165) is 19.4 Å². The predicted molar refractivity (Wildman–Crippen MR) is 94.2 cm³/mol. The van der Waals surface area contributed by atoms with Gasteiger partial charge in [0.1, 0.15) is 11.4 Å². The van der Waals surface area contributed by atoms with Crippen LogP contribution in [0.1, 0.15) is 23.2 Å². The van der Waals surface area contributed by atoms with Gasteiger partial charge in [-0.05, 0) is 43.2 Å². The van der Waals surface area contributed by atoms with E-state index in [1.54, 1.807) is 21.4 Å². The molecule has 134 valence electrons. The van der Waals surface area contributed by atoms with Crippen molar-refractivity contribution in [2.75, 3.05) is 13.2 Å². The molecule has 3 aromatic rings. The minimum Gasteiger partial charge on any atom is -0.376 e. The maximum atomic E-state index is 13.6. The first-order valence-corrected chi connectivity index (χ1v) is 8.59. The van der Waals surface area contributed by atoms with Crippen molar-refractivity contribution in [1.29, 1.82) is 0 Å². The number of hydrogen-bond donors (Lipinski definition) is 1. The third-order valence-corrected chi connectivity index (χ3v) is 4.40. The van der Waals surface area contributed by atoms with Crippen molar-refractivity contribution < 1.29 is 13.9 Å². The Morgan fingerprint density at radius 2 is 2.15 bits per heavy atom.